The molecule has 0 N–H and O–H groups in total. The lowest BCUT2D eigenvalue weighted by molar-refractivity contribution is 0.604. The van der Waals surface area contributed by atoms with Gasteiger partial charge in [0, 0.05) is 11.8 Å². The van der Waals surface area contributed by atoms with Crippen LogP contribution in [0.2, 0.25) is 5.35 Å². The maximum absolute atomic E-state index is 5.53. The van der Waals surface area contributed by atoms with Gasteiger partial charge in [-0.2, -0.15) is 4.98 Å². The number of aromatic nitrogens is 2. The topological polar surface area (TPSA) is 38.9 Å². The van der Waals surface area contributed by atoms with Crippen LogP contribution >= 0.6 is 11.6 Å². The minimum Gasteiger partial charge on any atom is -0.427 e. The molecule has 56 valence electrons. The molecule has 2 aromatic rings. The smallest absolute Gasteiger partial charge is 0.293 e. The molecule has 2 rings (SSSR count). The van der Waals surface area contributed by atoms with Gasteiger partial charge in [-0.1, -0.05) is 0 Å². The van der Waals surface area contributed by atoms with Crippen molar-refractivity contribution in [2.45, 2.75) is 6.92 Å². The third-order valence-corrected chi connectivity index (χ3v) is 1.55. The van der Waals surface area contributed by atoms with Gasteiger partial charge >= 0.3 is 0 Å². The van der Waals surface area contributed by atoms with Crippen LogP contribution in [0.5, 0.6) is 0 Å². The number of pyridine rings is 1. The SMILES string of the molecule is Cc1cc2oc(Cl)nc2cn1. The Labute approximate surface area is 68.0 Å². The molecule has 0 aromatic carbocycles. The average Bonchev–Trinajstić information content (AvgIpc) is 2.27. The van der Waals surface area contributed by atoms with Crippen LogP contribution in [0.25, 0.3) is 11.1 Å². The number of hydrogen-bond donors (Lipinski definition) is 0. The number of hydrogen-bond acceptors (Lipinski definition) is 3. The quantitative estimate of drug-likeness (QED) is 0.605. The Morgan fingerprint density at radius 3 is 3.18 bits per heavy atom. The molecule has 0 amide bonds. The second-order valence-corrected chi connectivity index (χ2v) is 2.58. The van der Waals surface area contributed by atoms with Gasteiger partial charge in [0.05, 0.1) is 6.20 Å². The van der Waals surface area contributed by atoms with Crippen molar-refractivity contribution in [3.63, 3.8) is 0 Å². The van der Waals surface area contributed by atoms with Gasteiger partial charge in [-0.3, -0.25) is 4.98 Å². The summed E-state index contributed by atoms with van der Waals surface area (Å²) in [4.78, 5) is 7.93. The molecule has 3 nitrogen and oxygen atoms in total. The van der Waals surface area contributed by atoms with Crippen molar-refractivity contribution in [3.8, 4) is 0 Å². The number of aryl methyl sites for hydroxylation is 1. The standard InChI is InChI=1S/C7H5ClN2O/c1-4-2-6-5(3-9-4)10-7(8)11-6/h2-3H,1H3. The first-order valence-electron chi connectivity index (χ1n) is 3.14. The third kappa shape index (κ3) is 1.07. The largest absolute Gasteiger partial charge is 0.427 e. The van der Waals surface area contributed by atoms with Crippen molar-refractivity contribution in [1.29, 1.82) is 0 Å². The highest BCUT2D eigenvalue weighted by Crippen LogP contribution is 2.17. The van der Waals surface area contributed by atoms with Crippen LogP contribution in [-0.4, -0.2) is 9.97 Å². The van der Waals surface area contributed by atoms with E-state index in [0.29, 0.717) is 11.1 Å². The van der Waals surface area contributed by atoms with Crippen LogP contribution in [0.4, 0.5) is 0 Å². The summed E-state index contributed by atoms with van der Waals surface area (Å²) >= 11 is 5.53. The Bertz CT molecular complexity index is 396. The highest BCUT2D eigenvalue weighted by atomic mass is 35.5. The van der Waals surface area contributed by atoms with Gasteiger partial charge in [0.15, 0.2) is 5.58 Å². The van der Waals surface area contributed by atoms with Gasteiger partial charge < -0.3 is 4.42 Å². The lowest BCUT2D eigenvalue weighted by Crippen LogP contribution is -1.77. The van der Waals surface area contributed by atoms with Crippen LogP contribution in [0.3, 0.4) is 0 Å². The molecule has 0 saturated carbocycles. The van der Waals surface area contributed by atoms with Crippen LogP contribution in [-0.2, 0) is 0 Å². The molecule has 0 bridgehead atoms. The van der Waals surface area contributed by atoms with E-state index in [1.165, 1.54) is 0 Å². The minimum atomic E-state index is 0.160. The van der Waals surface area contributed by atoms with Crippen molar-refractivity contribution in [1.82, 2.24) is 9.97 Å². The molecular weight excluding hydrogens is 164 g/mol. The van der Waals surface area contributed by atoms with E-state index in [-0.39, 0.29) is 5.35 Å². The molecule has 0 saturated heterocycles. The van der Waals surface area contributed by atoms with E-state index in [1.54, 1.807) is 12.3 Å². The van der Waals surface area contributed by atoms with Gasteiger partial charge in [-0.05, 0) is 18.5 Å². The zero-order valence-electron chi connectivity index (χ0n) is 5.84. The number of rotatable bonds is 0. The summed E-state index contributed by atoms with van der Waals surface area (Å²) in [7, 11) is 0. The fourth-order valence-electron chi connectivity index (χ4n) is 0.901. The average molecular weight is 169 g/mol. The Morgan fingerprint density at radius 2 is 2.36 bits per heavy atom. The van der Waals surface area contributed by atoms with E-state index < -0.39 is 0 Å². The number of fused-ring (bicyclic) bond motifs is 1. The van der Waals surface area contributed by atoms with Gasteiger partial charge in [-0.15, -0.1) is 0 Å². The molecule has 11 heavy (non-hydrogen) atoms. The molecule has 0 radical (unpaired) electrons. The second-order valence-electron chi connectivity index (χ2n) is 2.26. The van der Waals surface area contributed by atoms with E-state index in [9.17, 15) is 0 Å². The molecular formula is C7H5ClN2O. The molecule has 2 heterocycles. The van der Waals surface area contributed by atoms with E-state index in [4.69, 9.17) is 16.0 Å². The summed E-state index contributed by atoms with van der Waals surface area (Å²) in [5.74, 6) is 0. The molecule has 0 aliphatic heterocycles. The molecule has 0 spiro atoms. The number of halogens is 1. The number of nitrogens with zero attached hydrogens (tertiary/aromatic N) is 2. The first kappa shape index (κ1) is 6.61. The summed E-state index contributed by atoms with van der Waals surface area (Å²) in [5, 5.41) is 0.160. The second kappa shape index (κ2) is 2.20. The zero-order valence-corrected chi connectivity index (χ0v) is 6.59. The molecule has 0 aliphatic carbocycles. The van der Waals surface area contributed by atoms with Crippen molar-refractivity contribution in [2.24, 2.45) is 0 Å². The predicted molar refractivity (Wildman–Crippen MR) is 41.6 cm³/mol. The molecule has 0 aliphatic rings. The van der Waals surface area contributed by atoms with Crippen molar-refractivity contribution >= 4 is 22.7 Å². The summed E-state index contributed by atoms with van der Waals surface area (Å²) < 4.78 is 5.06. The van der Waals surface area contributed by atoms with Gasteiger partial charge in [0.25, 0.3) is 5.35 Å². The Morgan fingerprint density at radius 1 is 1.55 bits per heavy atom. The fourth-order valence-corrected chi connectivity index (χ4v) is 1.08. The maximum Gasteiger partial charge on any atom is 0.293 e. The molecule has 2 aromatic heterocycles. The summed E-state index contributed by atoms with van der Waals surface area (Å²) in [6.07, 6.45) is 1.64. The van der Waals surface area contributed by atoms with E-state index >= 15 is 0 Å². The van der Waals surface area contributed by atoms with Crippen LogP contribution in [0.15, 0.2) is 16.7 Å². The molecule has 0 atom stereocenters. The highest BCUT2D eigenvalue weighted by molar-refractivity contribution is 6.28. The van der Waals surface area contributed by atoms with Gasteiger partial charge in [-0.25, -0.2) is 0 Å². The normalized spacial score (nSPS) is 10.7. The van der Waals surface area contributed by atoms with E-state index in [0.717, 1.165) is 5.69 Å². The first-order chi connectivity index (χ1) is 5.25. The Balaban J connectivity index is 2.82. The lowest BCUT2D eigenvalue weighted by Gasteiger charge is -1.86. The van der Waals surface area contributed by atoms with Crippen molar-refractivity contribution < 1.29 is 4.42 Å². The van der Waals surface area contributed by atoms with Gasteiger partial charge in [0.1, 0.15) is 5.52 Å². The van der Waals surface area contributed by atoms with Gasteiger partial charge in [0.2, 0.25) is 0 Å². The predicted octanol–water partition coefficient (Wildman–Crippen LogP) is 2.18. The fraction of sp³-hybridized carbons (Fsp3) is 0.143. The Kier molecular flexibility index (Phi) is 1.32. The zero-order chi connectivity index (χ0) is 7.84. The van der Waals surface area contributed by atoms with Crippen LogP contribution in [0, 0.1) is 6.92 Å². The summed E-state index contributed by atoms with van der Waals surface area (Å²) in [6.45, 7) is 1.88. The molecule has 4 heteroatoms. The van der Waals surface area contributed by atoms with E-state index in [2.05, 4.69) is 9.97 Å². The first-order valence-corrected chi connectivity index (χ1v) is 3.52. The van der Waals surface area contributed by atoms with Crippen molar-refractivity contribution in [3.05, 3.63) is 23.3 Å². The highest BCUT2D eigenvalue weighted by Gasteiger charge is 2.02. The van der Waals surface area contributed by atoms with Crippen molar-refractivity contribution in [2.75, 3.05) is 0 Å². The maximum atomic E-state index is 5.53. The lowest BCUT2D eigenvalue weighted by atomic mass is 10.3. The van der Waals surface area contributed by atoms with Crippen LogP contribution in [0.1, 0.15) is 5.69 Å². The third-order valence-electron chi connectivity index (χ3n) is 1.39. The summed E-state index contributed by atoms with van der Waals surface area (Å²) in [5.41, 5.74) is 2.27. The van der Waals surface area contributed by atoms with E-state index in [1.807, 2.05) is 6.92 Å². The minimum absolute atomic E-state index is 0.160. The monoisotopic (exact) mass is 168 g/mol. The number of oxazole rings is 1. The Hall–Kier alpha value is -1.09. The molecule has 0 unspecified atom stereocenters. The van der Waals surface area contributed by atoms with Crippen LogP contribution < -0.4 is 0 Å². The molecule has 0 fully saturated rings. The summed E-state index contributed by atoms with van der Waals surface area (Å²) in [6, 6.07) is 1.80.